The van der Waals surface area contributed by atoms with E-state index in [4.69, 9.17) is 5.11 Å². The van der Waals surface area contributed by atoms with Crippen LogP contribution in [0.4, 0.5) is 0 Å². The molecule has 3 rings (SSSR count). The van der Waals surface area contributed by atoms with Gasteiger partial charge in [0, 0.05) is 32.1 Å². The van der Waals surface area contributed by atoms with E-state index in [2.05, 4.69) is 4.98 Å². The van der Waals surface area contributed by atoms with Crippen molar-refractivity contribution >= 4 is 22.9 Å². The van der Waals surface area contributed by atoms with Crippen LogP contribution in [0.1, 0.15) is 36.0 Å². The van der Waals surface area contributed by atoms with E-state index in [-0.39, 0.29) is 18.2 Å². The number of amides is 1. The zero-order chi connectivity index (χ0) is 16.4. The van der Waals surface area contributed by atoms with Crippen molar-refractivity contribution in [3.63, 3.8) is 0 Å². The third-order valence-electron chi connectivity index (χ3n) is 4.55. The number of benzene rings is 1. The molecule has 0 spiro atoms. The lowest BCUT2D eigenvalue weighted by atomic mass is 9.93. The van der Waals surface area contributed by atoms with Crippen molar-refractivity contribution in [1.29, 1.82) is 0 Å². The van der Waals surface area contributed by atoms with Crippen LogP contribution in [0, 0.1) is 5.92 Å². The summed E-state index contributed by atoms with van der Waals surface area (Å²) in [5.74, 6) is -0.478. The normalized spacial score (nSPS) is 18.3. The van der Waals surface area contributed by atoms with E-state index in [9.17, 15) is 9.59 Å². The molecule has 23 heavy (non-hydrogen) atoms. The lowest BCUT2D eigenvalue weighted by Crippen LogP contribution is -2.40. The molecule has 1 amide bonds. The third kappa shape index (κ3) is 3.36. The number of piperidine rings is 1. The largest absolute Gasteiger partial charge is 0.481 e. The molecule has 1 atom stereocenters. The number of carbonyl (C=O) groups excluding carboxylic acids is 1. The molecule has 1 saturated heterocycles. The zero-order valence-corrected chi connectivity index (χ0v) is 13.2. The topological polar surface area (TPSA) is 75.4 Å². The van der Waals surface area contributed by atoms with Crippen LogP contribution in [-0.2, 0) is 11.8 Å². The van der Waals surface area contributed by atoms with Crippen LogP contribution in [0.5, 0.6) is 0 Å². The van der Waals surface area contributed by atoms with Gasteiger partial charge in [0.2, 0.25) is 0 Å². The van der Waals surface area contributed by atoms with Crippen LogP contribution < -0.4 is 0 Å². The number of carboxylic acids is 1. The number of rotatable bonds is 4. The van der Waals surface area contributed by atoms with Crippen LogP contribution in [0.3, 0.4) is 0 Å². The Kier molecular flexibility index (Phi) is 4.32. The lowest BCUT2D eigenvalue weighted by molar-refractivity contribution is -0.137. The van der Waals surface area contributed by atoms with Crippen LogP contribution in [0.15, 0.2) is 24.5 Å². The Labute approximate surface area is 134 Å². The molecule has 0 bridgehead atoms. The Bertz CT molecular complexity index is 738. The average molecular weight is 315 g/mol. The minimum atomic E-state index is -0.769. The molecule has 1 aliphatic heterocycles. The highest BCUT2D eigenvalue weighted by Gasteiger charge is 2.25. The van der Waals surface area contributed by atoms with Crippen LogP contribution in [0.2, 0.25) is 0 Å². The molecule has 1 N–H and O–H groups in total. The second-order valence-electron chi connectivity index (χ2n) is 6.25. The predicted molar refractivity (Wildman–Crippen MR) is 86.2 cm³/mol. The van der Waals surface area contributed by atoms with Gasteiger partial charge < -0.3 is 14.6 Å². The number of fused-ring (bicyclic) bond motifs is 1. The maximum absolute atomic E-state index is 12.7. The molecule has 122 valence electrons. The summed E-state index contributed by atoms with van der Waals surface area (Å²) in [6, 6.07) is 5.59. The Morgan fingerprint density at radius 2 is 2.22 bits per heavy atom. The Morgan fingerprint density at radius 3 is 3.00 bits per heavy atom. The molecule has 0 saturated carbocycles. The molecule has 0 aliphatic carbocycles. The predicted octanol–water partition coefficient (Wildman–Crippen LogP) is 2.29. The first kappa shape index (κ1) is 15.5. The van der Waals surface area contributed by atoms with Gasteiger partial charge in [-0.25, -0.2) is 4.98 Å². The van der Waals surface area contributed by atoms with Crippen molar-refractivity contribution in [1.82, 2.24) is 14.5 Å². The summed E-state index contributed by atoms with van der Waals surface area (Å²) < 4.78 is 1.92. The number of carboxylic acid groups (broad SMARTS) is 1. The molecule has 1 aromatic carbocycles. The first-order valence-corrected chi connectivity index (χ1v) is 7.97. The van der Waals surface area contributed by atoms with Crippen LogP contribution >= 0.6 is 0 Å². The van der Waals surface area contributed by atoms with Crippen molar-refractivity contribution in [2.24, 2.45) is 13.0 Å². The second kappa shape index (κ2) is 6.40. The van der Waals surface area contributed by atoms with E-state index in [1.807, 2.05) is 34.7 Å². The van der Waals surface area contributed by atoms with Gasteiger partial charge in [0.1, 0.15) is 0 Å². The quantitative estimate of drug-likeness (QED) is 0.939. The number of aryl methyl sites for hydroxylation is 1. The Hall–Kier alpha value is -2.37. The fourth-order valence-corrected chi connectivity index (χ4v) is 3.26. The SMILES string of the molecule is Cn1cnc2cc(C(=O)N3CCCC(CCC(=O)O)C3)ccc21. The van der Waals surface area contributed by atoms with E-state index in [1.165, 1.54) is 0 Å². The lowest BCUT2D eigenvalue weighted by Gasteiger charge is -2.32. The zero-order valence-electron chi connectivity index (χ0n) is 13.2. The fourth-order valence-electron chi connectivity index (χ4n) is 3.26. The van der Waals surface area contributed by atoms with Gasteiger partial charge in [-0.2, -0.15) is 0 Å². The molecular weight excluding hydrogens is 294 g/mol. The number of likely N-dealkylation sites (tertiary alicyclic amines) is 1. The molecule has 1 aromatic heterocycles. The summed E-state index contributed by atoms with van der Waals surface area (Å²) in [6.07, 6.45) is 4.48. The summed E-state index contributed by atoms with van der Waals surface area (Å²) in [7, 11) is 1.93. The van der Waals surface area contributed by atoms with Gasteiger partial charge >= 0.3 is 5.97 Å². The van der Waals surface area contributed by atoms with E-state index >= 15 is 0 Å². The molecule has 6 heteroatoms. The van der Waals surface area contributed by atoms with E-state index in [0.29, 0.717) is 18.5 Å². The third-order valence-corrected chi connectivity index (χ3v) is 4.55. The first-order chi connectivity index (χ1) is 11.0. The second-order valence-corrected chi connectivity index (χ2v) is 6.25. The number of hydrogen-bond donors (Lipinski definition) is 1. The molecule has 0 radical (unpaired) electrons. The highest BCUT2D eigenvalue weighted by atomic mass is 16.4. The Balaban J connectivity index is 1.71. The highest BCUT2D eigenvalue weighted by molar-refractivity contribution is 5.97. The maximum Gasteiger partial charge on any atom is 0.303 e. The number of nitrogens with zero attached hydrogens (tertiary/aromatic N) is 3. The van der Waals surface area contributed by atoms with Gasteiger partial charge in [-0.05, 0) is 43.4 Å². The van der Waals surface area contributed by atoms with Crippen LogP contribution in [-0.4, -0.2) is 44.5 Å². The minimum absolute atomic E-state index is 0.0116. The molecule has 1 aliphatic rings. The standard InChI is InChI=1S/C17H21N3O3/c1-19-11-18-14-9-13(5-6-15(14)19)17(23)20-8-2-3-12(10-20)4-7-16(21)22/h5-6,9,11-12H,2-4,7-8,10H2,1H3,(H,21,22). The number of imidazole rings is 1. The number of carbonyl (C=O) groups is 2. The van der Waals surface area contributed by atoms with Crippen LogP contribution in [0.25, 0.3) is 11.0 Å². The minimum Gasteiger partial charge on any atom is -0.481 e. The maximum atomic E-state index is 12.7. The van der Waals surface area contributed by atoms with E-state index < -0.39 is 5.97 Å². The number of hydrogen-bond acceptors (Lipinski definition) is 3. The van der Waals surface area contributed by atoms with E-state index in [0.717, 1.165) is 30.4 Å². The smallest absolute Gasteiger partial charge is 0.303 e. The molecular formula is C17H21N3O3. The summed E-state index contributed by atoms with van der Waals surface area (Å²) >= 11 is 0. The highest BCUT2D eigenvalue weighted by Crippen LogP contribution is 2.23. The van der Waals surface area contributed by atoms with Crippen molar-refractivity contribution in [2.45, 2.75) is 25.7 Å². The molecule has 1 unspecified atom stereocenters. The van der Waals surface area contributed by atoms with E-state index in [1.54, 1.807) is 6.33 Å². The molecule has 1 fully saturated rings. The van der Waals surface area contributed by atoms with Crippen molar-refractivity contribution in [3.8, 4) is 0 Å². The van der Waals surface area contributed by atoms with Crippen molar-refractivity contribution in [2.75, 3.05) is 13.1 Å². The number of aliphatic carboxylic acids is 1. The monoisotopic (exact) mass is 315 g/mol. The first-order valence-electron chi connectivity index (χ1n) is 7.97. The summed E-state index contributed by atoms with van der Waals surface area (Å²) in [5, 5.41) is 8.81. The fraction of sp³-hybridized carbons (Fsp3) is 0.471. The summed E-state index contributed by atoms with van der Waals surface area (Å²) in [5.41, 5.74) is 2.47. The molecule has 2 heterocycles. The average Bonchev–Trinajstić information content (AvgIpc) is 2.93. The molecule has 6 nitrogen and oxygen atoms in total. The van der Waals surface area contributed by atoms with Gasteiger partial charge in [-0.15, -0.1) is 0 Å². The van der Waals surface area contributed by atoms with Gasteiger partial charge in [-0.3, -0.25) is 9.59 Å². The Morgan fingerprint density at radius 1 is 1.39 bits per heavy atom. The van der Waals surface area contributed by atoms with Gasteiger partial charge in [0.25, 0.3) is 5.91 Å². The van der Waals surface area contributed by atoms with Crippen molar-refractivity contribution < 1.29 is 14.7 Å². The van der Waals surface area contributed by atoms with Gasteiger partial charge in [0.15, 0.2) is 0 Å². The number of aromatic nitrogens is 2. The summed E-state index contributed by atoms with van der Waals surface area (Å²) in [6.45, 7) is 1.38. The van der Waals surface area contributed by atoms with Gasteiger partial charge in [0.05, 0.1) is 17.4 Å². The summed E-state index contributed by atoms with van der Waals surface area (Å²) in [4.78, 5) is 29.6. The van der Waals surface area contributed by atoms with Crippen molar-refractivity contribution in [3.05, 3.63) is 30.1 Å². The van der Waals surface area contributed by atoms with Gasteiger partial charge in [-0.1, -0.05) is 0 Å². The molecule has 2 aromatic rings.